The summed E-state index contributed by atoms with van der Waals surface area (Å²) in [6.45, 7) is 4.13. The first-order chi connectivity index (χ1) is 18.5. The standard InChI is InChI=1S/C31H32O2P2.2ClH.Pd/c1-31(2)32-29(23-34(25-15-7-3-8-16-25)26-17-9-4-10-18-26)30(33-31)24-35(27-19-11-5-12-20-27)28-21-13-6-14-22-28;;;/h3-22,29-30H,23-24H2,1-2H3;2*1H;/q;;;+2. The van der Waals surface area contributed by atoms with E-state index in [1.54, 1.807) is 0 Å². The van der Waals surface area contributed by atoms with Crippen LogP contribution in [0.1, 0.15) is 13.8 Å². The van der Waals surface area contributed by atoms with Crippen LogP contribution in [0, 0.1) is 0 Å². The number of rotatable bonds is 8. The third kappa shape index (κ3) is 8.45. The molecule has 0 aliphatic carbocycles. The molecular weight excluding hydrogens is 644 g/mol. The van der Waals surface area contributed by atoms with E-state index in [9.17, 15) is 0 Å². The van der Waals surface area contributed by atoms with Gasteiger partial charge in [0.05, 0.1) is 49.4 Å². The number of benzene rings is 4. The van der Waals surface area contributed by atoms with Crippen molar-refractivity contribution in [3.05, 3.63) is 121 Å². The van der Waals surface area contributed by atoms with Crippen LogP contribution in [0.25, 0.3) is 0 Å². The Kier molecular flexibility index (Phi) is 11.8. The van der Waals surface area contributed by atoms with E-state index in [1.165, 1.54) is 21.2 Å². The fourth-order valence-electron chi connectivity index (χ4n) is 5.02. The van der Waals surface area contributed by atoms with E-state index >= 15 is 0 Å². The second kappa shape index (κ2) is 15.1. The van der Waals surface area contributed by atoms with Gasteiger partial charge in [-0.2, -0.15) is 0 Å². The molecule has 38 heavy (non-hydrogen) atoms. The number of ether oxygens (including phenoxy) is 2. The first kappa shape index (κ1) is 29.9. The van der Waals surface area contributed by atoms with E-state index in [4.69, 9.17) is 28.5 Å². The zero-order valence-electron chi connectivity index (χ0n) is 21.5. The van der Waals surface area contributed by atoms with E-state index in [-0.39, 0.29) is 28.1 Å². The van der Waals surface area contributed by atoms with E-state index in [0.717, 1.165) is 12.3 Å². The van der Waals surface area contributed by atoms with Crippen molar-refractivity contribution in [3.8, 4) is 0 Å². The average molecular weight is 678 g/mol. The third-order valence-electron chi connectivity index (χ3n) is 6.58. The molecule has 2 nitrogen and oxygen atoms in total. The van der Waals surface area contributed by atoms with Crippen LogP contribution in [0.4, 0.5) is 0 Å². The van der Waals surface area contributed by atoms with Crippen molar-refractivity contribution in [3.63, 3.8) is 0 Å². The summed E-state index contributed by atoms with van der Waals surface area (Å²) in [6.07, 6.45) is 2.11. The van der Waals surface area contributed by atoms with Crippen molar-refractivity contribution in [2.45, 2.75) is 31.8 Å². The Hall–Kier alpha value is -1.10. The molecule has 0 N–H and O–H groups in total. The SMILES string of the molecule is CC1(C)OC(C[PH+](c2ccccc2)c2ccccc2)C(C[PH+](c2ccccc2)c2ccccc2)O1.[Cl][Pd][Cl]. The Morgan fingerprint density at radius 1 is 0.553 bits per heavy atom. The second-order valence-corrected chi connectivity index (χ2v) is 17.0. The van der Waals surface area contributed by atoms with E-state index in [0.29, 0.717) is 0 Å². The minimum absolute atomic E-state index is 0.0618. The molecule has 0 aromatic heterocycles. The van der Waals surface area contributed by atoms with Gasteiger partial charge >= 0.3 is 35.0 Å². The Bertz CT molecular complexity index is 1040. The molecule has 0 spiro atoms. The van der Waals surface area contributed by atoms with Crippen LogP contribution in [0.5, 0.6) is 0 Å². The van der Waals surface area contributed by atoms with E-state index in [2.05, 4.69) is 135 Å². The second-order valence-electron chi connectivity index (χ2n) is 9.59. The number of halogens is 2. The molecule has 0 saturated carbocycles. The molecule has 5 rings (SSSR count). The van der Waals surface area contributed by atoms with Gasteiger partial charge in [-0.15, -0.1) is 0 Å². The van der Waals surface area contributed by atoms with Crippen LogP contribution in [0.2, 0.25) is 0 Å². The molecular formula is C31H34Cl2O2P2Pd+2. The summed E-state index contributed by atoms with van der Waals surface area (Å²) in [5.41, 5.74) is 0. The molecule has 2 unspecified atom stereocenters. The summed E-state index contributed by atoms with van der Waals surface area (Å²) < 4.78 is 13.3. The van der Waals surface area contributed by atoms with Crippen molar-refractivity contribution in [2.24, 2.45) is 0 Å². The van der Waals surface area contributed by atoms with Crippen LogP contribution in [0.3, 0.4) is 0 Å². The van der Waals surface area contributed by atoms with Gasteiger partial charge in [-0.05, 0) is 62.4 Å². The molecule has 202 valence electrons. The Morgan fingerprint density at radius 3 is 1.03 bits per heavy atom. The molecule has 1 fully saturated rings. The predicted octanol–water partition coefficient (Wildman–Crippen LogP) is 6.61. The summed E-state index contributed by atoms with van der Waals surface area (Å²) in [5.74, 6) is -0.573. The Morgan fingerprint density at radius 2 is 0.789 bits per heavy atom. The van der Waals surface area contributed by atoms with Crippen molar-refractivity contribution in [2.75, 3.05) is 12.3 Å². The monoisotopic (exact) mass is 676 g/mol. The van der Waals surface area contributed by atoms with Gasteiger partial charge in [-0.25, -0.2) is 0 Å². The van der Waals surface area contributed by atoms with Gasteiger partial charge in [-0.1, -0.05) is 72.8 Å². The van der Waals surface area contributed by atoms with Crippen molar-refractivity contribution in [1.29, 1.82) is 0 Å². The molecule has 2 atom stereocenters. The number of hydrogen-bond acceptors (Lipinski definition) is 2. The molecule has 4 aromatic rings. The fourth-order valence-corrected chi connectivity index (χ4v) is 10.5. The molecule has 0 amide bonds. The molecule has 0 radical (unpaired) electrons. The predicted molar refractivity (Wildman–Crippen MR) is 166 cm³/mol. The van der Waals surface area contributed by atoms with Crippen molar-refractivity contribution in [1.82, 2.24) is 0 Å². The van der Waals surface area contributed by atoms with Crippen LogP contribution < -0.4 is 21.2 Å². The molecule has 1 heterocycles. The maximum atomic E-state index is 6.63. The van der Waals surface area contributed by atoms with Crippen LogP contribution >= 0.6 is 34.9 Å². The first-order valence-corrected chi connectivity index (χ1v) is 20.0. The van der Waals surface area contributed by atoms with Gasteiger partial charge < -0.3 is 9.47 Å². The van der Waals surface area contributed by atoms with Gasteiger partial charge in [0.15, 0.2) is 5.79 Å². The van der Waals surface area contributed by atoms with Gasteiger partial charge in [-0.3, -0.25) is 0 Å². The summed E-state index contributed by atoms with van der Waals surface area (Å²) in [5, 5.41) is 5.69. The molecule has 1 aliphatic rings. The summed E-state index contributed by atoms with van der Waals surface area (Å²) in [7, 11) is 7.58. The topological polar surface area (TPSA) is 18.5 Å². The van der Waals surface area contributed by atoms with Crippen LogP contribution in [0.15, 0.2) is 121 Å². The minimum atomic E-state index is -1.02. The maximum absolute atomic E-state index is 6.63. The van der Waals surface area contributed by atoms with Gasteiger partial charge in [0.25, 0.3) is 0 Å². The quantitative estimate of drug-likeness (QED) is 0.154. The van der Waals surface area contributed by atoms with Crippen molar-refractivity contribution >= 4 is 56.1 Å². The molecule has 1 aliphatic heterocycles. The van der Waals surface area contributed by atoms with E-state index < -0.39 is 21.6 Å². The normalized spacial score (nSPS) is 18.4. The van der Waals surface area contributed by atoms with E-state index in [1.807, 2.05) is 0 Å². The van der Waals surface area contributed by atoms with Gasteiger partial charge in [0.2, 0.25) is 0 Å². The average Bonchev–Trinajstić information content (AvgIpc) is 3.25. The van der Waals surface area contributed by atoms with Crippen LogP contribution in [-0.2, 0) is 25.4 Å². The Labute approximate surface area is 245 Å². The molecule has 1 saturated heterocycles. The van der Waals surface area contributed by atoms with Gasteiger partial charge in [0, 0.05) is 0 Å². The Balaban J connectivity index is 0.00000107. The van der Waals surface area contributed by atoms with Gasteiger partial charge in [0.1, 0.15) is 12.2 Å². The summed E-state index contributed by atoms with van der Waals surface area (Å²) in [4.78, 5) is 0. The fraction of sp³-hybridized carbons (Fsp3) is 0.226. The third-order valence-corrected chi connectivity index (χ3v) is 12.3. The van der Waals surface area contributed by atoms with Crippen molar-refractivity contribution < 1.29 is 25.4 Å². The first-order valence-electron chi connectivity index (χ1n) is 12.6. The molecule has 7 heteroatoms. The number of hydrogen-bond donors (Lipinski definition) is 0. The molecule has 0 bridgehead atoms. The zero-order valence-corrected chi connectivity index (χ0v) is 26.6. The van der Waals surface area contributed by atoms with Crippen LogP contribution in [-0.4, -0.2) is 30.3 Å². The zero-order chi connectivity index (χ0) is 26.8. The molecule has 4 aromatic carbocycles. The summed E-state index contributed by atoms with van der Waals surface area (Å²) >= 11 is -0.106. The summed E-state index contributed by atoms with van der Waals surface area (Å²) in [6, 6.07) is 43.9.